The van der Waals surface area contributed by atoms with Gasteiger partial charge in [-0.2, -0.15) is 4.31 Å². The van der Waals surface area contributed by atoms with E-state index >= 15 is 0 Å². The molecule has 0 amide bonds. The summed E-state index contributed by atoms with van der Waals surface area (Å²) in [7, 11) is -1.54. The molecule has 0 bridgehead atoms. The van der Waals surface area contributed by atoms with Crippen LogP contribution in [0.1, 0.15) is 37.8 Å². The monoisotopic (exact) mass is 310 g/mol. The van der Waals surface area contributed by atoms with Gasteiger partial charge in [0.05, 0.1) is 4.90 Å². The number of sulfonamides is 1. The first-order valence-corrected chi connectivity index (χ1v) is 9.06. The molecule has 1 N–H and O–H groups in total. The van der Waals surface area contributed by atoms with E-state index in [-0.39, 0.29) is 6.04 Å². The van der Waals surface area contributed by atoms with E-state index in [2.05, 4.69) is 5.32 Å². The summed E-state index contributed by atoms with van der Waals surface area (Å²) in [6.45, 7) is 7.23. The lowest BCUT2D eigenvalue weighted by Crippen LogP contribution is -2.38. The second-order valence-electron chi connectivity index (χ2n) is 6.23. The molecule has 0 spiro atoms. The first-order chi connectivity index (χ1) is 9.86. The van der Waals surface area contributed by atoms with Gasteiger partial charge in [0.2, 0.25) is 10.0 Å². The van der Waals surface area contributed by atoms with E-state index in [9.17, 15) is 8.42 Å². The first kappa shape index (κ1) is 16.5. The average Bonchev–Trinajstić information content (AvgIpc) is 3.22. The van der Waals surface area contributed by atoms with Gasteiger partial charge < -0.3 is 5.32 Å². The van der Waals surface area contributed by atoms with Gasteiger partial charge in [0.1, 0.15) is 0 Å². The van der Waals surface area contributed by atoms with Gasteiger partial charge in [-0.05, 0) is 69.8 Å². The molecule has 4 nitrogen and oxygen atoms in total. The Labute approximate surface area is 128 Å². The molecule has 2 rings (SSSR count). The maximum absolute atomic E-state index is 12.9. The van der Waals surface area contributed by atoms with Gasteiger partial charge in [-0.25, -0.2) is 8.42 Å². The Morgan fingerprint density at radius 3 is 2.52 bits per heavy atom. The lowest BCUT2D eigenvalue weighted by Gasteiger charge is -2.26. The number of nitrogens with zero attached hydrogens (tertiary/aromatic N) is 1. The SMILES string of the molecule is CNCc1cc(S(=O)(=O)N(CC2CC2)C(C)C)ccc1C. The largest absolute Gasteiger partial charge is 0.316 e. The van der Waals surface area contributed by atoms with Crippen molar-refractivity contribution in [2.45, 2.75) is 51.1 Å². The van der Waals surface area contributed by atoms with E-state index in [4.69, 9.17) is 0 Å². The molecular formula is C16H26N2O2S. The van der Waals surface area contributed by atoms with Crippen molar-refractivity contribution in [1.29, 1.82) is 0 Å². The van der Waals surface area contributed by atoms with Crippen LogP contribution in [0.3, 0.4) is 0 Å². The zero-order valence-electron chi connectivity index (χ0n) is 13.4. The highest BCUT2D eigenvalue weighted by Gasteiger charge is 2.33. The third kappa shape index (κ3) is 3.84. The van der Waals surface area contributed by atoms with Crippen LogP contribution in [-0.2, 0) is 16.6 Å². The third-order valence-electron chi connectivity index (χ3n) is 4.01. The number of hydrogen-bond acceptors (Lipinski definition) is 3. The first-order valence-electron chi connectivity index (χ1n) is 7.62. The summed E-state index contributed by atoms with van der Waals surface area (Å²) in [5.41, 5.74) is 2.15. The molecule has 118 valence electrons. The van der Waals surface area contributed by atoms with Crippen molar-refractivity contribution in [1.82, 2.24) is 9.62 Å². The van der Waals surface area contributed by atoms with Crippen LogP contribution in [0, 0.1) is 12.8 Å². The van der Waals surface area contributed by atoms with Gasteiger partial charge in [-0.15, -0.1) is 0 Å². The third-order valence-corrected chi connectivity index (χ3v) is 6.04. The molecule has 1 aromatic carbocycles. The minimum absolute atomic E-state index is 0.00958. The van der Waals surface area contributed by atoms with Crippen molar-refractivity contribution in [2.24, 2.45) is 5.92 Å². The van der Waals surface area contributed by atoms with Gasteiger partial charge in [0, 0.05) is 19.1 Å². The van der Waals surface area contributed by atoms with E-state index in [0.29, 0.717) is 23.9 Å². The molecule has 0 unspecified atom stereocenters. The Morgan fingerprint density at radius 2 is 2.00 bits per heavy atom. The van der Waals surface area contributed by atoms with E-state index in [1.165, 1.54) is 0 Å². The summed E-state index contributed by atoms with van der Waals surface area (Å²) in [5, 5.41) is 3.09. The maximum Gasteiger partial charge on any atom is 0.243 e. The van der Waals surface area contributed by atoms with Crippen molar-refractivity contribution in [2.75, 3.05) is 13.6 Å². The molecule has 1 fully saturated rings. The van der Waals surface area contributed by atoms with Gasteiger partial charge in [0.25, 0.3) is 0 Å². The Morgan fingerprint density at radius 1 is 1.33 bits per heavy atom. The molecule has 0 saturated heterocycles. The lowest BCUT2D eigenvalue weighted by molar-refractivity contribution is 0.341. The Bertz CT molecular complexity index is 592. The van der Waals surface area contributed by atoms with Gasteiger partial charge >= 0.3 is 0 Å². The molecule has 0 radical (unpaired) electrons. The standard InChI is InChI=1S/C16H26N2O2S/c1-12(2)18(11-14-6-7-14)21(19,20)16-8-5-13(3)15(9-16)10-17-4/h5,8-9,12,14,17H,6-7,10-11H2,1-4H3. The molecule has 0 aromatic heterocycles. The molecule has 0 aliphatic heterocycles. The number of nitrogens with one attached hydrogen (secondary N) is 1. The maximum atomic E-state index is 12.9. The molecule has 0 atom stereocenters. The van der Waals surface area contributed by atoms with Crippen molar-refractivity contribution >= 4 is 10.0 Å². The van der Waals surface area contributed by atoms with Gasteiger partial charge in [0.15, 0.2) is 0 Å². The second kappa shape index (κ2) is 6.46. The van der Waals surface area contributed by atoms with Crippen LogP contribution >= 0.6 is 0 Å². The van der Waals surface area contributed by atoms with Crippen LogP contribution in [-0.4, -0.2) is 32.4 Å². The minimum Gasteiger partial charge on any atom is -0.316 e. The van der Waals surface area contributed by atoms with Crippen molar-refractivity contribution in [3.05, 3.63) is 29.3 Å². The fourth-order valence-corrected chi connectivity index (χ4v) is 4.23. The van der Waals surface area contributed by atoms with Crippen LogP contribution in [0.4, 0.5) is 0 Å². The summed E-state index contributed by atoms with van der Waals surface area (Å²) < 4.78 is 27.5. The number of rotatable bonds is 7. The Balaban J connectivity index is 2.34. The predicted octanol–water partition coefficient (Wildman–Crippen LogP) is 2.52. The van der Waals surface area contributed by atoms with Crippen molar-refractivity contribution in [3.8, 4) is 0 Å². The molecule has 1 aliphatic rings. The van der Waals surface area contributed by atoms with E-state index < -0.39 is 10.0 Å². The van der Waals surface area contributed by atoms with Crippen LogP contribution < -0.4 is 5.32 Å². The fourth-order valence-electron chi connectivity index (χ4n) is 2.47. The van der Waals surface area contributed by atoms with Crippen LogP contribution in [0.25, 0.3) is 0 Å². The predicted molar refractivity (Wildman–Crippen MR) is 85.7 cm³/mol. The summed E-state index contributed by atoms with van der Waals surface area (Å²) in [4.78, 5) is 0.410. The quantitative estimate of drug-likeness (QED) is 0.842. The van der Waals surface area contributed by atoms with Crippen molar-refractivity contribution in [3.63, 3.8) is 0 Å². The summed E-state index contributed by atoms with van der Waals surface area (Å²) >= 11 is 0. The second-order valence-corrected chi connectivity index (χ2v) is 8.12. The fraction of sp³-hybridized carbons (Fsp3) is 0.625. The number of benzene rings is 1. The highest BCUT2D eigenvalue weighted by Crippen LogP contribution is 2.32. The molecule has 0 heterocycles. The molecule has 1 saturated carbocycles. The normalized spacial score (nSPS) is 15.9. The molecule has 1 aromatic rings. The minimum atomic E-state index is -3.41. The van der Waals surface area contributed by atoms with Gasteiger partial charge in [-0.3, -0.25) is 0 Å². The van der Waals surface area contributed by atoms with Crippen LogP contribution in [0.2, 0.25) is 0 Å². The molecule has 1 aliphatic carbocycles. The van der Waals surface area contributed by atoms with Crippen LogP contribution in [0.15, 0.2) is 23.1 Å². The van der Waals surface area contributed by atoms with E-state index in [1.807, 2.05) is 40.0 Å². The zero-order valence-corrected chi connectivity index (χ0v) is 14.2. The summed E-state index contributed by atoms with van der Waals surface area (Å²) in [5.74, 6) is 0.546. The number of aryl methyl sites for hydroxylation is 1. The zero-order chi connectivity index (χ0) is 15.6. The average molecular weight is 310 g/mol. The lowest BCUT2D eigenvalue weighted by atomic mass is 10.1. The summed E-state index contributed by atoms with van der Waals surface area (Å²) in [6.07, 6.45) is 2.30. The van der Waals surface area contributed by atoms with Crippen LogP contribution in [0.5, 0.6) is 0 Å². The summed E-state index contributed by atoms with van der Waals surface area (Å²) in [6, 6.07) is 5.43. The highest BCUT2D eigenvalue weighted by molar-refractivity contribution is 7.89. The molecular weight excluding hydrogens is 284 g/mol. The Hall–Kier alpha value is -0.910. The topological polar surface area (TPSA) is 49.4 Å². The number of hydrogen-bond donors (Lipinski definition) is 1. The Kier molecular flexibility index (Phi) is 5.07. The molecule has 5 heteroatoms. The van der Waals surface area contributed by atoms with E-state index in [0.717, 1.165) is 24.0 Å². The van der Waals surface area contributed by atoms with E-state index in [1.54, 1.807) is 10.4 Å². The highest BCUT2D eigenvalue weighted by atomic mass is 32.2. The smallest absolute Gasteiger partial charge is 0.243 e. The molecule has 21 heavy (non-hydrogen) atoms. The van der Waals surface area contributed by atoms with Crippen molar-refractivity contribution < 1.29 is 8.42 Å². The van der Waals surface area contributed by atoms with Gasteiger partial charge in [-0.1, -0.05) is 6.07 Å².